The molecule has 1 fully saturated rings. The minimum atomic E-state index is 0.261. The van der Waals surface area contributed by atoms with Crippen molar-refractivity contribution in [1.82, 2.24) is 15.1 Å². The third kappa shape index (κ3) is 3.37. The molecule has 0 bridgehead atoms. The molecule has 1 aromatic heterocycles. The molecule has 0 saturated carbocycles. The van der Waals surface area contributed by atoms with E-state index < -0.39 is 0 Å². The molecule has 1 saturated heterocycles. The van der Waals surface area contributed by atoms with Gasteiger partial charge in [0.25, 0.3) is 0 Å². The first kappa shape index (κ1) is 14.3. The number of benzene rings is 2. The van der Waals surface area contributed by atoms with Crippen LogP contribution in [0.4, 0.5) is 0 Å². The molecule has 3 aromatic rings. The van der Waals surface area contributed by atoms with Crippen LogP contribution in [0, 0.1) is 0 Å². The maximum absolute atomic E-state index is 6.22. The minimum absolute atomic E-state index is 0.261. The van der Waals surface area contributed by atoms with E-state index in [1.165, 1.54) is 12.0 Å². The van der Waals surface area contributed by atoms with E-state index in [1.807, 2.05) is 18.3 Å². The standard InChI is InChI=1S/C19H21N3O/c1-2-5-15(6-3-1)13-22-10-4-7-18(14-22)23-17-8-9-19-16(11-17)12-20-21-19/h1-3,5-6,8-9,11-12,18H,4,7,10,13-14H2,(H,20,21). The fourth-order valence-corrected chi connectivity index (χ4v) is 3.28. The highest BCUT2D eigenvalue weighted by Crippen LogP contribution is 2.23. The van der Waals surface area contributed by atoms with Gasteiger partial charge in [-0.05, 0) is 43.1 Å². The highest BCUT2D eigenvalue weighted by atomic mass is 16.5. The minimum Gasteiger partial charge on any atom is -0.489 e. The number of aromatic amines is 1. The lowest BCUT2D eigenvalue weighted by Crippen LogP contribution is -2.40. The number of nitrogens with zero attached hydrogens (tertiary/aromatic N) is 2. The molecule has 0 radical (unpaired) electrons. The first-order valence-corrected chi connectivity index (χ1v) is 8.23. The van der Waals surface area contributed by atoms with Crippen molar-refractivity contribution in [2.45, 2.75) is 25.5 Å². The molecule has 2 heterocycles. The van der Waals surface area contributed by atoms with E-state index in [0.717, 1.165) is 42.7 Å². The largest absolute Gasteiger partial charge is 0.489 e. The number of piperidine rings is 1. The lowest BCUT2D eigenvalue weighted by molar-refractivity contribution is 0.0844. The molecule has 0 aliphatic carbocycles. The van der Waals surface area contributed by atoms with Crippen LogP contribution >= 0.6 is 0 Å². The quantitative estimate of drug-likeness (QED) is 0.800. The zero-order valence-corrected chi connectivity index (χ0v) is 13.1. The van der Waals surface area contributed by atoms with Gasteiger partial charge in [-0.1, -0.05) is 30.3 Å². The molecule has 1 unspecified atom stereocenters. The van der Waals surface area contributed by atoms with Crippen molar-refractivity contribution >= 4 is 10.9 Å². The maximum atomic E-state index is 6.22. The fraction of sp³-hybridized carbons (Fsp3) is 0.316. The van der Waals surface area contributed by atoms with Crippen LogP contribution in [0.25, 0.3) is 10.9 Å². The fourth-order valence-electron chi connectivity index (χ4n) is 3.28. The number of hydrogen-bond donors (Lipinski definition) is 1. The lowest BCUT2D eigenvalue weighted by Gasteiger charge is -2.33. The molecule has 1 N–H and O–H groups in total. The Hall–Kier alpha value is -2.33. The molecule has 1 aliphatic heterocycles. The number of nitrogens with one attached hydrogen (secondary N) is 1. The second-order valence-corrected chi connectivity index (χ2v) is 6.22. The normalized spacial score (nSPS) is 19.0. The maximum Gasteiger partial charge on any atom is 0.120 e. The Morgan fingerprint density at radius 3 is 3.00 bits per heavy atom. The van der Waals surface area contributed by atoms with Crippen LogP contribution < -0.4 is 4.74 Å². The summed E-state index contributed by atoms with van der Waals surface area (Å²) in [6, 6.07) is 16.8. The molecule has 23 heavy (non-hydrogen) atoms. The highest BCUT2D eigenvalue weighted by Gasteiger charge is 2.21. The lowest BCUT2D eigenvalue weighted by atomic mass is 10.1. The van der Waals surface area contributed by atoms with Gasteiger partial charge in [0.05, 0.1) is 11.7 Å². The van der Waals surface area contributed by atoms with Gasteiger partial charge in [0, 0.05) is 18.5 Å². The molecule has 4 heteroatoms. The van der Waals surface area contributed by atoms with Crippen LogP contribution in [0.3, 0.4) is 0 Å². The van der Waals surface area contributed by atoms with E-state index in [4.69, 9.17) is 4.74 Å². The zero-order chi connectivity index (χ0) is 15.5. The summed E-state index contributed by atoms with van der Waals surface area (Å²) in [6.07, 6.45) is 4.40. The van der Waals surface area contributed by atoms with Gasteiger partial charge in [-0.15, -0.1) is 0 Å². The molecule has 0 spiro atoms. The number of hydrogen-bond acceptors (Lipinski definition) is 3. The van der Waals surface area contributed by atoms with Crippen molar-refractivity contribution < 1.29 is 4.74 Å². The SMILES string of the molecule is c1ccc(CN2CCCC(Oc3ccc4[nH]ncc4c3)C2)cc1. The van der Waals surface area contributed by atoms with Gasteiger partial charge in [0.15, 0.2) is 0 Å². The van der Waals surface area contributed by atoms with E-state index in [-0.39, 0.29) is 6.10 Å². The van der Waals surface area contributed by atoms with Gasteiger partial charge in [0.2, 0.25) is 0 Å². The van der Waals surface area contributed by atoms with E-state index >= 15 is 0 Å². The molecule has 2 aromatic carbocycles. The van der Waals surface area contributed by atoms with E-state index in [2.05, 4.69) is 51.5 Å². The molecular formula is C19H21N3O. The van der Waals surface area contributed by atoms with Crippen molar-refractivity contribution in [1.29, 1.82) is 0 Å². The molecule has 1 aliphatic rings. The van der Waals surface area contributed by atoms with Crippen molar-refractivity contribution in [3.05, 3.63) is 60.3 Å². The Bertz CT molecular complexity index is 768. The molecule has 1 atom stereocenters. The summed E-state index contributed by atoms with van der Waals surface area (Å²) in [5.74, 6) is 0.936. The summed E-state index contributed by atoms with van der Waals surface area (Å²) in [7, 11) is 0. The third-order valence-corrected chi connectivity index (χ3v) is 4.43. The summed E-state index contributed by atoms with van der Waals surface area (Å²) in [4.78, 5) is 2.49. The number of H-pyrrole nitrogens is 1. The zero-order valence-electron chi connectivity index (χ0n) is 13.1. The topological polar surface area (TPSA) is 41.1 Å². The van der Waals surface area contributed by atoms with Crippen LogP contribution in [-0.2, 0) is 6.54 Å². The average molecular weight is 307 g/mol. The van der Waals surface area contributed by atoms with Crippen LogP contribution in [0.2, 0.25) is 0 Å². The predicted octanol–water partition coefficient (Wildman–Crippen LogP) is 3.61. The Labute approximate surface area is 136 Å². The van der Waals surface area contributed by atoms with Gasteiger partial charge in [-0.25, -0.2) is 0 Å². The molecule has 4 nitrogen and oxygen atoms in total. The summed E-state index contributed by atoms with van der Waals surface area (Å²) in [5, 5.41) is 8.13. The van der Waals surface area contributed by atoms with Gasteiger partial charge < -0.3 is 4.74 Å². The Morgan fingerprint density at radius 2 is 2.09 bits per heavy atom. The van der Waals surface area contributed by atoms with Crippen LogP contribution in [-0.4, -0.2) is 34.3 Å². The van der Waals surface area contributed by atoms with Gasteiger partial charge in [0.1, 0.15) is 11.9 Å². The van der Waals surface area contributed by atoms with Crippen molar-refractivity contribution in [3.8, 4) is 5.75 Å². The van der Waals surface area contributed by atoms with Crippen molar-refractivity contribution in [2.24, 2.45) is 0 Å². The Balaban J connectivity index is 1.40. The van der Waals surface area contributed by atoms with Gasteiger partial charge >= 0.3 is 0 Å². The summed E-state index contributed by atoms with van der Waals surface area (Å²) in [6.45, 7) is 3.13. The number of likely N-dealkylation sites (tertiary alicyclic amines) is 1. The molecular weight excluding hydrogens is 286 g/mol. The molecule has 4 rings (SSSR count). The second kappa shape index (κ2) is 6.42. The Kier molecular flexibility index (Phi) is 3.99. The van der Waals surface area contributed by atoms with E-state index in [0.29, 0.717) is 0 Å². The number of fused-ring (bicyclic) bond motifs is 1. The Morgan fingerprint density at radius 1 is 1.17 bits per heavy atom. The monoisotopic (exact) mass is 307 g/mol. The average Bonchev–Trinajstić information content (AvgIpc) is 3.04. The third-order valence-electron chi connectivity index (χ3n) is 4.43. The number of rotatable bonds is 4. The summed E-state index contributed by atoms with van der Waals surface area (Å²) >= 11 is 0. The first-order chi connectivity index (χ1) is 11.4. The molecule has 0 amide bonds. The van der Waals surface area contributed by atoms with Crippen LogP contribution in [0.5, 0.6) is 5.75 Å². The summed E-state index contributed by atoms with van der Waals surface area (Å²) < 4.78 is 6.22. The molecule has 118 valence electrons. The highest BCUT2D eigenvalue weighted by molar-refractivity contribution is 5.79. The number of ether oxygens (including phenoxy) is 1. The van der Waals surface area contributed by atoms with Crippen molar-refractivity contribution in [3.63, 3.8) is 0 Å². The van der Waals surface area contributed by atoms with Crippen LogP contribution in [0.1, 0.15) is 18.4 Å². The van der Waals surface area contributed by atoms with Gasteiger partial charge in [-0.3, -0.25) is 10.00 Å². The smallest absolute Gasteiger partial charge is 0.120 e. The van der Waals surface area contributed by atoms with Crippen molar-refractivity contribution in [2.75, 3.05) is 13.1 Å². The predicted molar refractivity (Wildman–Crippen MR) is 91.5 cm³/mol. The van der Waals surface area contributed by atoms with Gasteiger partial charge in [-0.2, -0.15) is 5.10 Å². The number of aromatic nitrogens is 2. The van der Waals surface area contributed by atoms with E-state index in [9.17, 15) is 0 Å². The second-order valence-electron chi connectivity index (χ2n) is 6.22. The first-order valence-electron chi connectivity index (χ1n) is 8.23. The van der Waals surface area contributed by atoms with E-state index in [1.54, 1.807) is 0 Å². The summed E-state index contributed by atoms with van der Waals surface area (Å²) in [5.41, 5.74) is 2.42. The van der Waals surface area contributed by atoms with Crippen LogP contribution in [0.15, 0.2) is 54.7 Å².